The number of nitrogens with one attached hydrogen (secondary N) is 1. The first-order chi connectivity index (χ1) is 9.20. The second-order valence-electron chi connectivity index (χ2n) is 4.89. The Hall–Kier alpha value is -1.32. The van der Waals surface area contributed by atoms with Gasteiger partial charge >= 0.3 is 0 Å². The van der Waals surface area contributed by atoms with E-state index in [0.717, 1.165) is 19.5 Å². The summed E-state index contributed by atoms with van der Waals surface area (Å²) in [7, 11) is 4.15. The normalized spacial score (nSPS) is 10.7. The van der Waals surface area contributed by atoms with E-state index in [4.69, 9.17) is 0 Å². The van der Waals surface area contributed by atoms with Gasteiger partial charge in [0.05, 0.1) is 0 Å². The zero-order chi connectivity index (χ0) is 13.7. The highest BCUT2D eigenvalue weighted by atomic mass is 32.1. The average Bonchev–Trinajstić information content (AvgIpc) is 2.91. The second-order valence-corrected chi connectivity index (χ2v) is 5.92. The van der Waals surface area contributed by atoms with Gasteiger partial charge in [0.25, 0.3) is 0 Å². The van der Waals surface area contributed by atoms with Gasteiger partial charge in [-0.3, -0.25) is 0 Å². The Morgan fingerprint density at radius 1 is 1.26 bits per heavy atom. The van der Waals surface area contributed by atoms with Crippen LogP contribution in [0.25, 0.3) is 0 Å². The van der Waals surface area contributed by atoms with Gasteiger partial charge in [-0.15, -0.1) is 11.3 Å². The predicted molar refractivity (Wildman–Crippen MR) is 85.2 cm³/mol. The summed E-state index contributed by atoms with van der Waals surface area (Å²) in [4.78, 5) is 3.78. The third kappa shape index (κ3) is 3.82. The summed E-state index contributed by atoms with van der Waals surface area (Å²) >= 11 is 1.84. The van der Waals surface area contributed by atoms with Crippen LogP contribution in [0, 0.1) is 6.92 Å². The Morgan fingerprint density at radius 3 is 2.74 bits per heavy atom. The number of rotatable bonds is 6. The predicted octanol–water partition coefficient (Wildman–Crippen LogP) is 3.45. The Labute approximate surface area is 120 Å². The lowest BCUT2D eigenvalue weighted by atomic mass is 10.1. The summed E-state index contributed by atoms with van der Waals surface area (Å²) < 4.78 is 0. The fourth-order valence-electron chi connectivity index (χ4n) is 2.17. The molecule has 0 aliphatic rings. The number of benzene rings is 1. The van der Waals surface area contributed by atoms with Gasteiger partial charge in [0.2, 0.25) is 0 Å². The molecular weight excluding hydrogens is 252 g/mol. The smallest absolute Gasteiger partial charge is 0.0366 e. The molecule has 0 fully saturated rings. The average molecular weight is 274 g/mol. The maximum atomic E-state index is 3.20. The summed E-state index contributed by atoms with van der Waals surface area (Å²) in [5.41, 5.74) is 4.03. The lowest BCUT2D eigenvalue weighted by Gasteiger charge is -2.20. The maximum Gasteiger partial charge on any atom is 0.0366 e. The van der Waals surface area contributed by atoms with E-state index in [9.17, 15) is 0 Å². The minimum atomic E-state index is 0.936. The van der Waals surface area contributed by atoms with Gasteiger partial charge in [-0.05, 0) is 55.1 Å². The van der Waals surface area contributed by atoms with E-state index in [-0.39, 0.29) is 0 Å². The van der Waals surface area contributed by atoms with Crippen molar-refractivity contribution in [1.29, 1.82) is 0 Å². The van der Waals surface area contributed by atoms with Gasteiger partial charge in [0.1, 0.15) is 0 Å². The van der Waals surface area contributed by atoms with Crippen molar-refractivity contribution in [3.8, 4) is 0 Å². The number of likely N-dealkylation sites (N-methyl/N-ethyl adjacent to an activating group) is 1. The largest absolute Gasteiger partial charge is 0.374 e. The molecular formula is C16H22N2S. The molecule has 2 rings (SSSR count). The third-order valence-electron chi connectivity index (χ3n) is 3.41. The topological polar surface area (TPSA) is 15.3 Å². The van der Waals surface area contributed by atoms with Gasteiger partial charge in [0, 0.05) is 30.7 Å². The van der Waals surface area contributed by atoms with Gasteiger partial charge in [-0.25, -0.2) is 0 Å². The Kier molecular flexibility index (Phi) is 5.00. The molecule has 1 aromatic carbocycles. The highest BCUT2D eigenvalue weighted by Crippen LogP contribution is 2.19. The van der Waals surface area contributed by atoms with Crippen molar-refractivity contribution in [2.75, 3.05) is 25.5 Å². The minimum absolute atomic E-state index is 0.936. The van der Waals surface area contributed by atoms with E-state index < -0.39 is 0 Å². The fraction of sp³-hybridized carbons (Fsp3) is 0.375. The Morgan fingerprint density at radius 2 is 2.11 bits per heavy atom. The summed E-state index contributed by atoms with van der Waals surface area (Å²) in [6.45, 7) is 4.18. The molecule has 0 aliphatic carbocycles. The summed E-state index contributed by atoms with van der Waals surface area (Å²) in [6, 6.07) is 11.1. The Bertz CT molecular complexity index is 505. The first-order valence-corrected chi connectivity index (χ1v) is 7.56. The van der Waals surface area contributed by atoms with E-state index >= 15 is 0 Å². The summed E-state index contributed by atoms with van der Waals surface area (Å²) in [5.74, 6) is 0. The van der Waals surface area contributed by atoms with Crippen molar-refractivity contribution < 1.29 is 0 Å². The zero-order valence-electron chi connectivity index (χ0n) is 11.9. The molecule has 0 saturated carbocycles. The lowest BCUT2D eigenvalue weighted by Crippen LogP contribution is -2.20. The molecule has 1 N–H and O–H groups in total. The number of aryl methyl sites for hydroxylation is 1. The Balaban J connectivity index is 1.98. The second kappa shape index (κ2) is 6.73. The number of hydrogen-bond donors (Lipinski definition) is 1. The van der Waals surface area contributed by atoms with Crippen LogP contribution in [0.4, 0.5) is 5.69 Å². The molecule has 0 atom stereocenters. The van der Waals surface area contributed by atoms with E-state index in [1.807, 2.05) is 18.4 Å². The van der Waals surface area contributed by atoms with Crippen molar-refractivity contribution in [3.63, 3.8) is 0 Å². The quantitative estimate of drug-likeness (QED) is 0.868. The van der Waals surface area contributed by atoms with Crippen LogP contribution in [0.5, 0.6) is 0 Å². The SMILES string of the molecule is CNCc1ccc(N(C)CCc2cccs2)cc1C. The number of hydrogen-bond acceptors (Lipinski definition) is 3. The van der Waals surface area contributed by atoms with Gasteiger partial charge in [0.15, 0.2) is 0 Å². The van der Waals surface area contributed by atoms with Crippen molar-refractivity contribution >= 4 is 17.0 Å². The van der Waals surface area contributed by atoms with Crippen LogP contribution in [0.2, 0.25) is 0 Å². The van der Waals surface area contributed by atoms with E-state index in [0.29, 0.717) is 0 Å². The van der Waals surface area contributed by atoms with Crippen LogP contribution in [-0.2, 0) is 13.0 Å². The van der Waals surface area contributed by atoms with Gasteiger partial charge in [-0.1, -0.05) is 12.1 Å². The summed E-state index contributed by atoms with van der Waals surface area (Å²) in [5, 5.41) is 5.35. The van der Waals surface area contributed by atoms with Crippen molar-refractivity contribution in [3.05, 3.63) is 51.7 Å². The molecule has 1 heterocycles. The minimum Gasteiger partial charge on any atom is -0.374 e. The van der Waals surface area contributed by atoms with Crippen LogP contribution in [0.15, 0.2) is 35.7 Å². The van der Waals surface area contributed by atoms with E-state index in [1.165, 1.54) is 21.7 Å². The molecule has 19 heavy (non-hydrogen) atoms. The molecule has 0 bridgehead atoms. The van der Waals surface area contributed by atoms with Crippen LogP contribution >= 0.6 is 11.3 Å². The highest BCUT2D eigenvalue weighted by molar-refractivity contribution is 7.09. The molecule has 102 valence electrons. The molecule has 2 nitrogen and oxygen atoms in total. The molecule has 0 amide bonds. The maximum absolute atomic E-state index is 3.20. The molecule has 2 aromatic rings. The standard InChI is InChI=1S/C16H22N2S/c1-13-11-15(7-6-14(13)12-17-2)18(3)9-8-16-5-4-10-19-16/h4-7,10-11,17H,8-9,12H2,1-3H3. The lowest BCUT2D eigenvalue weighted by molar-refractivity contribution is 0.810. The van der Waals surface area contributed by atoms with Crippen LogP contribution in [0.3, 0.4) is 0 Å². The molecule has 0 radical (unpaired) electrons. The zero-order valence-corrected chi connectivity index (χ0v) is 12.8. The van der Waals surface area contributed by atoms with Crippen LogP contribution in [-0.4, -0.2) is 20.6 Å². The van der Waals surface area contributed by atoms with E-state index in [2.05, 4.69) is 59.9 Å². The van der Waals surface area contributed by atoms with Gasteiger partial charge in [-0.2, -0.15) is 0 Å². The van der Waals surface area contributed by atoms with Crippen LogP contribution < -0.4 is 10.2 Å². The highest BCUT2D eigenvalue weighted by Gasteiger charge is 2.04. The first kappa shape index (κ1) is 14.1. The van der Waals surface area contributed by atoms with Crippen molar-refractivity contribution in [2.24, 2.45) is 0 Å². The van der Waals surface area contributed by atoms with E-state index in [1.54, 1.807) is 0 Å². The molecule has 0 aliphatic heterocycles. The molecule has 0 saturated heterocycles. The van der Waals surface area contributed by atoms with Crippen LogP contribution in [0.1, 0.15) is 16.0 Å². The molecule has 1 aromatic heterocycles. The third-order valence-corrected chi connectivity index (χ3v) is 4.34. The van der Waals surface area contributed by atoms with Gasteiger partial charge < -0.3 is 10.2 Å². The fourth-order valence-corrected chi connectivity index (χ4v) is 2.87. The van der Waals surface area contributed by atoms with Crippen molar-refractivity contribution in [2.45, 2.75) is 19.9 Å². The molecule has 3 heteroatoms. The number of thiophene rings is 1. The number of anilines is 1. The first-order valence-electron chi connectivity index (χ1n) is 6.68. The van der Waals surface area contributed by atoms with Crippen molar-refractivity contribution in [1.82, 2.24) is 5.32 Å². The molecule has 0 spiro atoms. The molecule has 0 unspecified atom stereocenters. The monoisotopic (exact) mass is 274 g/mol. The summed E-state index contributed by atoms with van der Waals surface area (Å²) in [6.07, 6.45) is 1.12. The number of nitrogens with zero attached hydrogens (tertiary/aromatic N) is 1.